The van der Waals surface area contributed by atoms with Gasteiger partial charge in [0.25, 0.3) is 0 Å². The second-order valence-corrected chi connectivity index (χ2v) is 11.7. The van der Waals surface area contributed by atoms with Crippen LogP contribution in [0.15, 0.2) is 109 Å². The van der Waals surface area contributed by atoms with Gasteiger partial charge >= 0.3 is 7.25 Å². The van der Waals surface area contributed by atoms with Gasteiger partial charge in [0.05, 0.1) is 0 Å². The van der Waals surface area contributed by atoms with E-state index in [2.05, 4.69) is 115 Å². The Kier molecular flexibility index (Phi) is 7.69. The van der Waals surface area contributed by atoms with Gasteiger partial charge in [-0.25, -0.2) is 0 Å². The lowest BCUT2D eigenvalue weighted by Gasteiger charge is -2.32. The van der Waals surface area contributed by atoms with Gasteiger partial charge in [0.2, 0.25) is 0 Å². The van der Waals surface area contributed by atoms with E-state index in [-0.39, 0.29) is 0 Å². The molecular weight excluding hydrogens is 438 g/mol. The molecule has 0 saturated carbocycles. The maximum Gasteiger partial charge on any atom is 0.673 e. The zero-order valence-electron chi connectivity index (χ0n) is 16.9. The Hall–Kier alpha value is -2.43. The zero-order chi connectivity index (χ0) is 22.3. The third-order valence-corrected chi connectivity index (χ3v) is 11.0. The Balaban J connectivity index is 0.000000491. The molecule has 0 amide bonds. The van der Waals surface area contributed by atoms with Crippen LogP contribution in [-0.4, -0.2) is 7.25 Å². The van der Waals surface area contributed by atoms with E-state index in [1.807, 2.05) is 11.3 Å². The molecule has 0 fully saturated rings. The largest absolute Gasteiger partial charge is 0.673 e. The minimum atomic E-state index is -6.00. The fourth-order valence-electron chi connectivity index (χ4n) is 3.83. The first-order chi connectivity index (χ1) is 14.8. The van der Waals surface area contributed by atoms with Gasteiger partial charge in [-0.2, -0.15) is 0 Å². The topological polar surface area (TPSA) is 0 Å². The van der Waals surface area contributed by atoms with E-state index in [1.165, 1.54) is 20.8 Å². The molecule has 0 nitrogen and oxygen atoms in total. The first-order valence-electron chi connectivity index (χ1n) is 9.80. The van der Waals surface area contributed by atoms with Crippen molar-refractivity contribution in [2.24, 2.45) is 0 Å². The molecule has 0 saturated heterocycles. The smallest absolute Gasteiger partial charge is 0.418 e. The first-order valence-corrected chi connectivity index (χ1v) is 12.5. The molecule has 7 heteroatoms. The third kappa shape index (κ3) is 5.64. The van der Waals surface area contributed by atoms with Crippen molar-refractivity contribution in [3.63, 3.8) is 0 Å². The molecule has 0 bridgehead atoms. The highest BCUT2D eigenvalue weighted by Crippen LogP contribution is 2.66. The molecule has 0 N–H and O–H groups in total. The summed E-state index contributed by atoms with van der Waals surface area (Å²) in [5.74, 6) is 0. The van der Waals surface area contributed by atoms with E-state index in [9.17, 15) is 17.3 Å². The van der Waals surface area contributed by atoms with Crippen molar-refractivity contribution in [1.29, 1.82) is 0 Å². The molecule has 0 aliphatic heterocycles. The normalized spacial score (nSPS) is 12.5. The number of rotatable bonds is 5. The van der Waals surface area contributed by atoms with Crippen molar-refractivity contribution in [2.75, 3.05) is 0 Å². The number of hydrogen-bond donors (Lipinski definition) is 0. The van der Waals surface area contributed by atoms with Crippen molar-refractivity contribution in [2.45, 2.75) is 12.6 Å². The minimum Gasteiger partial charge on any atom is -0.418 e. The van der Waals surface area contributed by atoms with E-state index in [0.717, 1.165) is 0 Å². The maximum absolute atomic E-state index is 9.75. The Morgan fingerprint density at radius 1 is 0.613 bits per heavy atom. The van der Waals surface area contributed by atoms with E-state index >= 15 is 0 Å². The van der Waals surface area contributed by atoms with Crippen LogP contribution in [0.5, 0.6) is 0 Å². The molecule has 0 spiro atoms. The average molecular weight is 460 g/mol. The maximum atomic E-state index is 9.75. The summed E-state index contributed by atoms with van der Waals surface area (Å²) in [5, 5.41) is 6.52. The van der Waals surface area contributed by atoms with Gasteiger partial charge in [0, 0.05) is 4.88 Å². The molecule has 160 valence electrons. The fourth-order valence-corrected chi connectivity index (χ4v) is 9.78. The van der Waals surface area contributed by atoms with Crippen LogP contribution in [0.1, 0.15) is 17.5 Å². The predicted octanol–water partition coefficient (Wildman–Crippen LogP) is 7.10. The predicted molar refractivity (Wildman–Crippen MR) is 128 cm³/mol. The zero-order valence-corrected chi connectivity index (χ0v) is 18.6. The molecule has 1 unspecified atom stereocenters. The summed E-state index contributed by atoms with van der Waals surface area (Å²) in [4.78, 5) is 1.45. The molecule has 1 aromatic heterocycles. The monoisotopic (exact) mass is 460 g/mol. The van der Waals surface area contributed by atoms with Crippen LogP contribution in [0.25, 0.3) is 0 Å². The Morgan fingerprint density at radius 3 is 1.26 bits per heavy atom. The van der Waals surface area contributed by atoms with Crippen molar-refractivity contribution in [3.05, 3.63) is 113 Å². The Labute approximate surface area is 185 Å². The number of hydrogen-bond acceptors (Lipinski definition) is 1. The molecule has 1 heterocycles. The van der Waals surface area contributed by atoms with Crippen LogP contribution in [0.4, 0.5) is 17.3 Å². The summed E-state index contributed by atoms with van der Waals surface area (Å²) in [6.45, 7) is 2.41. The number of halogens is 4. The van der Waals surface area contributed by atoms with Gasteiger partial charge < -0.3 is 17.3 Å². The molecule has 4 rings (SSSR count). The van der Waals surface area contributed by atoms with Crippen molar-refractivity contribution in [3.8, 4) is 0 Å². The highest BCUT2D eigenvalue weighted by molar-refractivity contribution is 7.96. The fraction of sp³-hybridized carbons (Fsp3) is 0.0833. The Bertz CT molecular complexity index is 937. The van der Waals surface area contributed by atoms with E-state index in [1.54, 1.807) is 0 Å². The third-order valence-electron chi connectivity index (χ3n) is 5.03. The number of benzene rings is 3. The quantitative estimate of drug-likeness (QED) is 0.169. The highest BCUT2D eigenvalue weighted by Gasteiger charge is 2.51. The van der Waals surface area contributed by atoms with Crippen LogP contribution >= 0.6 is 18.6 Å². The van der Waals surface area contributed by atoms with E-state index in [4.69, 9.17) is 0 Å². The summed E-state index contributed by atoms with van der Waals surface area (Å²) in [6, 6.07) is 37.8. The second-order valence-electron chi connectivity index (χ2n) is 6.92. The van der Waals surface area contributed by atoms with Crippen molar-refractivity contribution >= 4 is 41.8 Å². The van der Waals surface area contributed by atoms with Crippen LogP contribution < -0.4 is 15.9 Å². The SMILES string of the molecule is CC(c1cccs1)[P+](c1ccccc1)(c1ccccc1)c1ccccc1.F[B-](F)(F)F. The minimum absolute atomic E-state index is 0.426. The van der Waals surface area contributed by atoms with Crippen LogP contribution in [0.2, 0.25) is 0 Å². The molecule has 31 heavy (non-hydrogen) atoms. The Morgan fingerprint density at radius 2 is 0.968 bits per heavy atom. The lowest BCUT2D eigenvalue weighted by atomic mass is 10.3. The molecule has 0 aliphatic rings. The van der Waals surface area contributed by atoms with Gasteiger partial charge in [-0.1, -0.05) is 60.7 Å². The van der Waals surface area contributed by atoms with E-state index < -0.39 is 14.5 Å². The standard InChI is InChI=1S/C24H22PS.BF4/c1-20(24-18-11-19-26-24)25(21-12-5-2-6-13-21,22-14-7-3-8-15-22)23-16-9-4-10-17-23;2-1(3,4)5/h2-20H,1H3;/q+1;-1. The van der Waals surface area contributed by atoms with Crippen molar-refractivity contribution < 1.29 is 17.3 Å². The number of thiophene rings is 1. The summed E-state index contributed by atoms with van der Waals surface area (Å²) in [7, 11) is -7.82. The molecule has 4 aromatic rings. The summed E-state index contributed by atoms with van der Waals surface area (Å²) >= 11 is 1.87. The molecule has 0 radical (unpaired) electrons. The molecule has 3 aromatic carbocycles. The van der Waals surface area contributed by atoms with Crippen LogP contribution in [0.3, 0.4) is 0 Å². The van der Waals surface area contributed by atoms with Gasteiger partial charge in [-0.15, -0.1) is 11.3 Å². The summed E-state index contributed by atoms with van der Waals surface area (Å²) in [5.41, 5.74) is 0.426. The van der Waals surface area contributed by atoms with Gasteiger partial charge in [-0.05, 0) is 54.8 Å². The van der Waals surface area contributed by atoms with Crippen LogP contribution in [0, 0.1) is 0 Å². The van der Waals surface area contributed by atoms with Crippen molar-refractivity contribution in [1.82, 2.24) is 0 Å². The van der Waals surface area contributed by atoms with Crippen LogP contribution in [-0.2, 0) is 0 Å². The average Bonchev–Trinajstić information content (AvgIpc) is 3.30. The van der Waals surface area contributed by atoms with Gasteiger partial charge in [-0.3, -0.25) is 0 Å². The molecule has 0 aliphatic carbocycles. The summed E-state index contributed by atoms with van der Waals surface area (Å²) < 4.78 is 39.0. The van der Waals surface area contributed by atoms with Gasteiger partial charge in [0.1, 0.15) is 28.8 Å². The van der Waals surface area contributed by atoms with E-state index in [0.29, 0.717) is 5.66 Å². The summed E-state index contributed by atoms with van der Waals surface area (Å²) in [6.07, 6.45) is 0. The first kappa shape index (κ1) is 23.2. The molecular formula is C24H22BF4PS. The second kappa shape index (κ2) is 10.3. The molecule has 1 atom stereocenters. The lowest BCUT2D eigenvalue weighted by Crippen LogP contribution is -2.34. The highest BCUT2D eigenvalue weighted by atomic mass is 32.1. The van der Waals surface area contributed by atoms with Gasteiger partial charge in [0.15, 0.2) is 0 Å². The lowest BCUT2D eigenvalue weighted by molar-refractivity contribution is 0.368.